The maximum Gasteiger partial charge on any atom is 0.118 e. The molecule has 0 radical (unpaired) electrons. The van der Waals surface area contributed by atoms with E-state index in [0.717, 1.165) is 49.8 Å². The van der Waals surface area contributed by atoms with Crippen LogP contribution in [0.25, 0.3) is 6.08 Å². The second-order valence-electron chi connectivity index (χ2n) is 10.8. The average molecular weight is 409 g/mol. The number of benzene rings is 1. The van der Waals surface area contributed by atoms with Gasteiger partial charge in [-0.2, -0.15) is 0 Å². The molecule has 3 fully saturated rings. The van der Waals surface area contributed by atoms with E-state index in [2.05, 4.69) is 38.1 Å². The van der Waals surface area contributed by atoms with Gasteiger partial charge in [-0.3, -0.25) is 0 Å². The summed E-state index contributed by atoms with van der Waals surface area (Å²) in [6.07, 6.45) is 11.5. The highest BCUT2D eigenvalue weighted by Gasteiger charge is 2.59. The molecule has 7 atom stereocenters. The molecule has 162 valence electrons. The first-order valence-corrected chi connectivity index (χ1v) is 11.8. The van der Waals surface area contributed by atoms with Gasteiger partial charge in [0.05, 0.1) is 19.3 Å². The lowest BCUT2D eigenvalue weighted by molar-refractivity contribution is -0.0685. The molecule has 0 unspecified atom stereocenters. The minimum Gasteiger partial charge on any atom is -0.497 e. The number of allylic oxidation sites excluding steroid dienone is 1. The van der Waals surface area contributed by atoms with Gasteiger partial charge in [0, 0.05) is 5.41 Å². The fraction of sp³-hybridized carbons (Fsp3) is 0.630. The molecule has 4 aliphatic rings. The monoisotopic (exact) mass is 408 g/mol. The first-order valence-electron chi connectivity index (χ1n) is 11.8. The standard InChI is InChI=1S/C27H36O3/c1-26-12-10-20(28)16-19(26)6-9-22-23(26)11-13-27(2)24(22)15-18(25(27)29)14-17-4-7-21(30-3)8-5-17/h4-8,14,20,22-25,28-29H,9-13,15-16H2,1-3H3/b18-14+/t20-,22-,23+,24-,25+,26-,27-/m1/s1. The van der Waals surface area contributed by atoms with Crippen LogP contribution in [0.1, 0.15) is 64.4 Å². The minimum absolute atomic E-state index is 0.0185. The minimum atomic E-state index is -0.350. The molecule has 0 amide bonds. The molecule has 3 heteroatoms. The zero-order chi connectivity index (χ0) is 21.1. The Morgan fingerprint density at radius 2 is 1.77 bits per heavy atom. The number of aliphatic hydroxyl groups is 2. The van der Waals surface area contributed by atoms with Crippen LogP contribution in [0.3, 0.4) is 0 Å². The Balaban J connectivity index is 1.44. The van der Waals surface area contributed by atoms with Crippen molar-refractivity contribution in [3.63, 3.8) is 0 Å². The van der Waals surface area contributed by atoms with Crippen molar-refractivity contribution in [3.8, 4) is 5.75 Å². The van der Waals surface area contributed by atoms with Gasteiger partial charge in [-0.1, -0.05) is 43.7 Å². The Bertz CT molecular complexity index is 869. The molecule has 0 aliphatic heterocycles. The molecule has 5 rings (SSSR count). The third-order valence-electron chi connectivity index (χ3n) is 9.41. The molecular formula is C27H36O3. The fourth-order valence-corrected chi connectivity index (χ4v) is 7.55. The summed E-state index contributed by atoms with van der Waals surface area (Å²) < 4.78 is 5.28. The van der Waals surface area contributed by atoms with Gasteiger partial charge in [0.25, 0.3) is 0 Å². The van der Waals surface area contributed by atoms with Crippen LogP contribution in [0.15, 0.2) is 41.5 Å². The lowest BCUT2D eigenvalue weighted by Gasteiger charge is -2.57. The Kier molecular flexibility index (Phi) is 4.91. The maximum atomic E-state index is 11.4. The predicted octanol–water partition coefficient (Wildman–Crippen LogP) is 5.37. The second-order valence-corrected chi connectivity index (χ2v) is 10.8. The summed E-state index contributed by atoms with van der Waals surface area (Å²) in [5, 5.41) is 21.6. The van der Waals surface area contributed by atoms with Gasteiger partial charge in [0.2, 0.25) is 0 Å². The van der Waals surface area contributed by atoms with Gasteiger partial charge >= 0.3 is 0 Å². The Morgan fingerprint density at radius 3 is 2.50 bits per heavy atom. The van der Waals surface area contributed by atoms with Gasteiger partial charge in [0.1, 0.15) is 5.75 Å². The summed E-state index contributed by atoms with van der Waals surface area (Å²) in [4.78, 5) is 0. The summed E-state index contributed by atoms with van der Waals surface area (Å²) in [7, 11) is 1.69. The number of hydrogen-bond acceptors (Lipinski definition) is 3. The number of ether oxygens (including phenoxy) is 1. The van der Waals surface area contributed by atoms with E-state index in [1.807, 2.05) is 12.1 Å². The Hall–Kier alpha value is -1.58. The van der Waals surface area contributed by atoms with E-state index in [9.17, 15) is 10.2 Å². The van der Waals surface area contributed by atoms with Gasteiger partial charge in [-0.05, 0) is 91.4 Å². The van der Waals surface area contributed by atoms with E-state index in [1.165, 1.54) is 17.6 Å². The van der Waals surface area contributed by atoms with E-state index < -0.39 is 0 Å². The number of aliphatic hydroxyl groups excluding tert-OH is 2. The SMILES string of the molecule is COc1ccc(/C=C2\C[C@@H]3[C@@H]4CC=C5C[C@H](O)CC[C@@]5(C)[C@H]4CC[C@@]3(C)[C@H]2O)cc1. The van der Waals surface area contributed by atoms with Crippen LogP contribution >= 0.6 is 0 Å². The van der Waals surface area contributed by atoms with Crippen LogP contribution in [0, 0.1) is 28.6 Å². The second kappa shape index (κ2) is 7.24. The number of fused-ring (bicyclic) bond motifs is 5. The molecule has 3 saturated carbocycles. The van der Waals surface area contributed by atoms with Crippen molar-refractivity contribution in [2.75, 3.05) is 7.11 Å². The normalized spacial score (nSPS) is 44.1. The maximum absolute atomic E-state index is 11.4. The Morgan fingerprint density at radius 1 is 1.00 bits per heavy atom. The van der Waals surface area contributed by atoms with E-state index in [1.54, 1.807) is 7.11 Å². The molecule has 0 spiro atoms. The van der Waals surface area contributed by atoms with Gasteiger partial charge < -0.3 is 14.9 Å². The number of hydrogen-bond donors (Lipinski definition) is 2. The number of methoxy groups -OCH3 is 1. The fourth-order valence-electron chi connectivity index (χ4n) is 7.55. The molecule has 4 aliphatic carbocycles. The molecule has 30 heavy (non-hydrogen) atoms. The summed E-state index contributed by atoms with van der Waals surface area (Å²) in [5.74, 6) is 2.74. The highest BCUT2D eigenvalue weighted by Crippen LogP contribution is 2.65. The Labute approximate surface area is 180 Å². The van der Waals surface area contributed by atoms with Crippen LogP contribution in [0.5, 0.6) is 5.75 Å². The molecule has 2 N–H and O–H groups in total. The third-order valence-corrected chi connectivity index (χ3v) is 9.41. The summed E-state index contributed by atoms with van der Waals surface area (Å²) in [5.41, 5.74) is 4.08. The molecule has 1 aromatic rings. The topological polar surface area (TPSA) is 49.7 Å². The van der Waals surface area contributed by atoms with E-state index >= 15 is 0 Å². The lowest BCUT2D eigenvalue weighted by Crippen LogP contribution is -2.51. The average Bonchev–Trinajstić information content (AvgIpc) is 3.00. The van der Waals surface area contributed by atoms with Crippen molar-refractivity contribution in [2.24, 2.45) is 28.6 Å². The first kappa shape index (κ1) is 20.3. The summed E-state index contributed by atoms with van der Waals surface area (Å²) >= 11 is 0. The van der Waals surface area contributed by atoms with Gasteiger partial charge in [-0.25, -0.2) is 0 Å². The van der Waals surface area contributed by atoms with Crippen molar-refractivity contribution >= 4 is 6.08 Å². The first-order chi connectivity index (χ1) is 14.3. The molecule has 0 aromatic heterocycles. The molecule has 0 heterocycles. The van der Waals surface area contributed by atoms with Crippen LogP contribution in [0.4, 0.5) is 0 Å². The summed E-state index contributed by atoms with van der Waals surface area (Å²) in [6.45, 7) is 4.79. The van der Waals surface area contributed by atoms with Crippen molar-refractivity contribution in [1.29, 1.82) is 0 Å². The lowest BCUT2D eigenvalue weighted by atomic mass is 9.48. The van der Waals surface area contributed by atoms with Crippen molar-refractivity contribution in [3.05, 3.63) is 47.1 Å². The van der Waals surface area contributed by atoms with Crippen LogP contribution in [0.2, 0.25) is 0 Å². The van der Waals surface area contributed by atoms with Crippen LogP contribution in [-0.4, -0.2) is 29.5 Å². The third kappa shape index (κ3) is 3.00. The van der Waals surface area contributed by atoms with Gasteiger partial charge in [-0.15, -0.1) is 0 Å². The van der Waals surface area contributed by atoms with Crippen LogP contribution in [-0.2, 0) is 0 Å². The zero-order valence-electron chi connectivity index (χ0n) is 18.6. The molecule has 3 nitrogen and oxygen atoms in total. The number of rotatable bonds is 2. The molecule has 0 saturated heterocycles. The van der Waals surface area contributed by atoms with Crippen molar-refractivity contribution in [1.82, 2.24) is 0 Å². The highest BCUT2D eigenvalue weighted by atomic mass is 16.5. The molecular weight excluding hydrogens is 372 g/mol. The van der Waals surface area contributed by atoms with Crippen molar-refractivity contribution in [2.45, 2.75) is 71.0 Å². The molecule has 1 aromatic carbocycles. The van der Waals surface area contributed by atoms with Crippen LogP contribution < -0.4 is 4.74 Å². The quantitative estimate of drug-likeness (QED) is 0.647. The van der Waals surface area contributed by atoms with E-state index in [4.69, 9.17) is 4.74 Å². The highest BCUT2D eigenvalue weighted by molar-refractivity contribution is 5.56. The summed E-state index contributed by atoms with van der Waals surface area (Å²) in [6, 6.07) is 8.14. The van der Waals surface area contributed by atoms with Crippen molar-refractivity contribution < 1.29 is 14.9 Å². The zero-order valence-corrected chi connectivity index (χ0v) is 18.6. The van der Waals surface area contributed by atoms with E-state index in [-0.39, 0.29) is 23.0 Å². The smallest absolute Gasteiger partial charge is 0.118 e. The molecule has 0 bridgehead atoms. The van der Waals surface area contributed by atoms with E-state index in [0.29, 0.717) is 17.8 Å². The van der Waals surface area contributed by atoms with Gasteiger partial charge in [0.15, 0.2) is 0 Å². The predicted molar refractivity (Wildman–Crippen MR) is 120 cm³/mol. The largest absolute Gasteiger partial charge is 0.497 e.